The molecular weight excluding hydrogens is 260 g/mol. The molecule has 0 saturated carbocycles. The number of nitrogens with zero attached hydrogens (tertiary/aromatic N) is 2. The SMILES string of the molecule is CC(C)CC(CN)Nc1nc2cc([N+](=O)[O-])ccc2o1. The number of nitro benzene ring substituents is 1. The summed E-state index contributed by atoms with van der Waals surface area (Å²) in [4.78, 5) is 14.5. The van der Waals surface area contributed by atoms with Gasteiger partial charge in [0.2, 0.25) is 0 Å². The maximum Gasteiger partial charge on any atom is 0.295 e. The molecule has 1 heterocycles. The van der Waals surface area contributed by atoms with Gasteiger partial charge in [0, 0.05) is 24.7 Å². The third kappa shape index (κ3) is 3.24. The van der Waals surface area contributed by atoms with Gasteiger partial charge in [0.15, 0.2) is 5.58 Å². The minimum atomic E-state index is -0.456. The second-order valence-corrected chi connectivity index (χ2v) is 5.13. The maximum absolute atomic E-state index is 10.7. The lowest BCUT2D eigenvalue weighted by Gasteiger charge is -2.17. The van der Waals surface area contributed by atoms with E-state index in [0.717, 1.165) is 6.42 Å². The number of aromatic nitrogens is 1. The van der Waals surface area contributed by atoms with Crippen LogP contribution in [0.15, 0.2) is 22.6 Å². The van der Waals surface area contributed by atoms with Crippen molar-refractivity contribution in [2.45, 2.75) is 26.3 Å². The molecular formula is C13H18N4O3. The fourth-order valence-corrected chi connectivity index (χ4v) is 2.05. The molecule has 0 fully saturated rings. The summed E-state index contributed by atoms with van der Waals surface area (Å²) in [5.41, 5.74) is 6.67. The van der Waals surface area contributed by atoms with E-state index in [0.29, 0.717) is 29.6 Å². The van der Waals surface area contributed by atoms with E-state index in [1.165, 1.54) is 12.1 Å². The van der Waals surface area contributed by atoms with Gasteiger partial charge in [-0.25, -0.2) is 0 Å². The molecule has 1 aromatic carbocycles. The van der Waals surface area contributed by atoms with E-state index in [1.54, 1.807) is 6.07 Å². The summed E-state index contributed by atoms with van der Waals surface area (Å²) in [6, 6.07) is 4.75. The smallest absolute Gasteiger partial charge is 0.295 e. The highest BCUT2D eigenvalue weighted by Gasteiger charge is 2.15. The van der Waals surface area contributed by atoms with Gasteiger partial charge < -0.3 is 15.5 Å². The Hall–Kier alpha value is -2.15. The Bertz CT molecular complexity index is 609. The van der Waals surface area contributed by atoms with E-state index < -0.39 is 4.92 Å². The van der Waals surface area contributed by atoms with E-state index in [2.05, 4.69) is 24.1 Å². The zero-order valence-electron chi connectivity index (χ0n) is 11.5. The molecule has 0 aliphatic carbocycles. The number of hydrogen-bond donors (Lipinski definition) is 2. The van der Waals surface area contributed by atoms with Crippen LogP contribution in [-0.4, -0.2) is 22.5 Å². The van der Waals surface area contributed by atoms with Gasteiger partial charge in [0.25, 0.3) is 11.7 Å². The van der Waals surface area contributed by atoms with Crippen molar-refractivity contribution in [3.05, 3.63) is 28.3 Å². The minimum Gasteiger partial charge on any atom is -0.424 e. The molecule has 7 nitrogen and oxygen atoms in total. The van der Waals surface area contributed by atoms with Crippen LogP contribution in [0.2, 0.25) is 0 Å². The van der Waals surface area contributed by atoms with Gasteiger partial charge in [0.05, 0.1) is 4.92 Å². The summed E-state index contributed by atoms with van der Waals surface area (Å²) in [5, 5.41) is 13.8. The standard InChI is InChI=1S/C13H18N4O3/c1-8(2)5-9(7-14)15-13-16-11-6-10(17(18)19)3-4-12(11)20-13/h3-4,6,8-9H,5,7,14H2,1-2H3,(H,15,16). The first-order valence-electron chi connectivity index (χ1n) is 6.51. The fourth-order valence-electron chi connectivity index (χ4n) is 2.05. The number of benzene rings is 1. The van der Waals surface area contributed by atoms with E-state index in [4.69, 9.17) is 10.2 Å². The Kier molecular flexibility index (Phi) is 4.19. The Labute approximate surface area is 116 Å². The van der Waals surface area contributed by atoms with E-state index in [-0.39, 0.29) is 11.7 Å². The van der Waals surface area contributed by atoms with Gasteiger partial charge >= 0.3 is 0 Å². The lowest BCUT2D eigenvalue weighted by atomic mass is 10.0. The highest BCUT2D eigenvalue weighted by molar-refractivity contribution is 5.77. The average Bonchev–Trinajstić information content (AvgIpc) is 2.78. The Morgan fingerprint density at radius 1 is 1.50 bits per heavy atom. The summed E-state index contributed by atoms with van der Waals surface area (Å²) in [7, 11) is 0. The number of nitro groups is 1. The van der Waals surface area contributed by atoms with Crippen LogP contribution in [0.1, 0.15) is 20.3 Å². The molecule has 0 amide bonds. The monoisotopic (exact) mass is 278 g/mol. The lowest BCUT2D eigenvalue weighted by molar-refractivity contribution is -0.384. The minimum absolute atomic E-state index is 0.00472. The number of non-ortho nitro benzene ring substituents is 1. The van der Waals surface area contributed by atoms with Crippen LogP contribution in [0, 0.1) is 16.0 Å². The second-order valence-electron chi connectivity index (χ2n) is 5.13. The highest BCUT2D eigenvalue weighted by Crippen LogP contribution is 2.24. The van der Waals surface area contributed by atoms with Crippen molar-refractivity contribution < 1.29 is 9.34 Å². The van der Waals surface area contributed by atoms with Crippen molar-refractivity contribution in [2.24, 2.45) is 11.7 Å². The summed E-state index contributed by atoms with van der Waals surface area (Å²) >= 11 is 0. The molecule has 0 saturated heterocycles. The van der Waals surface area contributed by atoms with E-state index >= 15 is 0 Å². The first-order chi connectivity index (χ1) is 9.49. The van der Waals surface area contributed by atoms with Gasteiger partial charge in [-0.15, -0.1) is 0 Å². The average molecular weight is 278 g/mol. The molecule has 0 spiro atoms. The van der Waals surface area contributed by atoms with Gasteiger partial charge in [-0.05, 0) is 18.4 Å². The third-order valence-electron chi connectivity index (χ3n) is 2.95. The summed E-state index contributed by atoms with van der Waals surface area (Å²) in [5.74, 6) is 0.501. The molecule has 1 unspecified atom stereocenters. The van der Waals surface area contributed by atoms with Crippen LogP contribution in [0.4, 0.5) is 11.7 Å². The number of nitrogens with two attached hydrogens (primary N) is 1. The molecule has 0 aliphatic heterocycles. The molecule has 1 atom stereocenters. The van der Waals surface area contributed by atoms with Crippen molar-refractivity contribution >= 4 is 22.8 Å². The molecule has 0 aliphatic rings. The Morgan fingerprint density at radius 2 is 2.25 bits per heavy atom. The molecule has 2 rings (SSSR count). The first-order valence-corrected chi connectivity index (χ1v) is 6.51. The number of anilines is 1. The number of rotatable bonds is 6. The van der Waals surface area contributed by atoms with Crippen LogP contribution < -0.4 is 11.1 Å². The largest absolute Gasteiger partial charge is 0.424 e. The van der Waals surface area contributed by atoms with Crippen molar-refractivity contribution in [1.82, 2.24) is 4.98 Å². The fraction of sp³-hybridized carbons (Fsp3) is 0.462. The van der Waals surface area contributed by atoms with Gasteiger partial charge in [-0.3, -0.25) is 10.1 Å². The molecule has 20 heavy (non-hydrogen) atoms. The highest BCUT2D eigenvalue weighted by atomic mass is 16.6. The number of oxazole rings is 1. The van der Waals surface area contributed by atoms with E-state index in [9.17, 15) is 10.1 Å². The Balaban J connectivity index is 2.20. The zero-order valence-corrected chi connectivity index (χ0v) is 11.5. The van der Waals surface area contributed by atoms with Crippen LogP contribution in [-0.2, 0) is 0 Å². The summed E-state index contributed by atoms with van der Waals surface area (Å²) < 4.78 is 5.52. The van der Waals surface area contributed by atoms with Crippen LogP contribution in [0.3, 0.4) is 0 Å². The van der Waals surface area contributed by atoms with Crippen molar-refractivity contribution in [1.29, 1.82) is 0 Å². The van der Waals surface area contributed by atoms with Gasteiger partial charge in [0.1, 0.15) is 5.52 Å². The number of fused-ring (bicyclic) bond motifs is 1. The first kappa shape index (κ1) is 14.3. The normalized spacial score (nSPS) is 12.8. The number of hydrogen-bond acceptors (Lipinski definition) is 6. The van der Waals surface area contributed by atoms with Gasteiger partial charge in [-0.2, -0.15) is 4.98 Å². The van der Waals surface area contributed by atoms with Crippen LogP contribution in [0.25, 0.3) is 11.1 Å². The third-order valence-corrected chi connectivity index (χ3v) is 2.95. The zero-order chi connectivity index (χ0) is 14.7. The predicted octanol–water partition coefficient (Wildman–Crippen LogP) is 2.52. The lowest BCUT2D eigenvalue weighted by Crippen LogP contribution is -2.30. The summed E-state index contributed by atoms with van der Waals surface area (Å²) in [6.45, 7) is 4.69. The molecule has 108 valence electrons. The Morgan fingerprint density at radius 3 is 2.85 bits per heavy atom. The van der Waals surface area contributed by atoms with Gasteiger partial charge in [-0.1, -0.05) is 13.8 Å². The molecule has 2 aromatic rings. The van der Waals surface area contributed by atoms with E-state index in [1.807, 2.05) is 0 Å². The molecule has 0 bridgehead atoms. The quantitative estimate of drug-likeness (QED) is 0.621. The van der Waals surface area contributed by atoms with Crippen molar-refractivity contribution in [3.63, 3.8) is 0 Å². The maximum atomic E-state index is 10.7. The topological polar surface area (TPSA) is 107 Å². The second kappa shape index (κ2) is 5.87. The predicted molar refractivity (Wildman–Crippen MR) is 76.6 cm³/mol. The molecule has 0 radical (unpaired) electrons. The van der Waals surface area contributed by atoms with Crippen molar-refractivity contribution in [2.75, 3.05) is 11.9 Å². The molecule has 1 aromatic heterocycles. The number of nitrogens with one attached hydrogen (secondary N) is 1. The van der Waals surface area contributed by atoms with Crippen molar-refractivity contribution in [3.8, 4) is 0 Å². The molecule has 7 heteroatoms. The summed E-state index contributed by atoms with van der Waals surface area (Å²) in [6.07, 6.45) is 0.898. The van der Waals surface area contributed by atoms with Crippen LogP contribution in [0.5, 0.6) is 0 Å². The van der Waals surface area contributed by atoms with Crippen LogP contribution >= 0.6 is 0 Å². The molecule has 3 N–H and O–H groups in total.